The molecular formula is C25H34N2O6. The molecule has 2 amide bonds. The van der Waals surface area contributed by atoms with Crippen molar-refractivity contribution in [3.8, 4) is 0 Å². The third-order valence-electron chi connectivity index (χ3n) is 9.49. The number of allylic oxidation sites excluding steroid dienone is 2. The van der Waals surface area contributed by atoms with Gasteiger partial charge in [-0.1, -0.05) is 24.6 Å². The average molecular weight is 459 g/mol. The average Bonchev–Trinajstić information content (AvgIpc) is 3.26. The molecule has 0 bridgehead atoms. The lowest BCUT2D eigenvalue weighted by Crippen LogP contribution is -2.51. The van der Waals surface area contributed by atoms with Gasteiger partial charge in [-0.15, -0.1) is 5.06 Å². The molecule has 1 N–H and O–H groups in total. The van der Waals surface area contributed by atoms with Gasteiger partial charge < -0.3 is 14.8 Å². The number of aliphatic hydroxyl groups is 1. The lowest BCUT2D eigenvalue weighted by atomic mass is 9.47. The van der Waals surface area contributed by atoms with Crippen molar-refractivity contribution in [2.24, 2.45) is 33.7 Å². The Morgan fingerprint density at radius 1 is 1.06 bits per heavy atom. The fourth-order valence-corrected chi connectivity index (χ4v) is 7.57. The van der Waals surface area contributed by atoms with Crippen LogP contribution in [-0.2, 0) is 24.1 Å². The summed E-state index contributed by atoms with van der Waals surface area (Å²) in [6.45, 7) is 4.26. The Morgan fingerprint density at radius 2 is 1.82 bits per heavy atom. The molecule has 4 aliphatic carbocycles. The second-order valence-corrected chi connectivity index (χ2v) is 11.0. The van der Waals surface area contributed by atoms with E-state index in [1.54, 1.807) is 0 Å². The monoisotopic (exact) mass is 458 g/mol. The predicted octanol–water partition coefficient (Wildman–Crippen LogP) is 3.29. The van der Waals surface area contributed by atoms with Gasteiger partial charge in [0.1, 0.15) is 0 Å². The number of hydroxylamine groups is 2. The molecular weight excluding hydrogens is 424 g/mol. The van der Waals surface area contributed by atoms with Gasteiger partial charge in [-0.05, 0) is 86.0 Å². The normalized spacial score (nSPS) is 41.4. The van der Waals surface area contributed by atoms with Crippen molar-refractivity contribution < 1.29 is 29.2 Å². The Balaban J connectivity index is 1.22. The van der Waals surface area contributed by atoms with E-state index in [0.29, 0.717) is 22.8 Å². The van der Waals surface area contributed by atoms with Crippen LogP contribution in [0.4, 0.5) is 0 Å². The summed E-state index contributed by atoms with van der Waals surface area (Å²) in [5.74, 6) is 0.116. The van der Waals surface area contributed by atoms with Crippen LogP contribution in [0.25, 0.3) is 0 Å². The third kappa shape index (κ3) is 3.70. The highest BCUT2D eigenvalue weighted by Gasteiger charge is 2.58. The van der Waals surface area contributed by atoms with Crippen molar-refractivity contribution in [3.05, 3.63) is 11.6 Å². The van der Waals surface area contributed by atoms with Gasteiger partial charge in [0.15, 0.2) is 0 Å². The fourth-order valence-electron chi connectivity index (χ4n) is 7.57. The molecule has 33 heavy (non-hydrogen) atoms. The summed E-state index contributed by atoms with van der Waals surface area (Å²) in [4.78, 5) is 45.0. The number of nitrogens with zero attached hydrogens (tertiary/aromatic N) is 2. The highest BCUT2D eigenvalue weighted by Crippen LogP contribution is 2.65. The molecule has 0 aromatic carbocycles. The van der Waals surface area contributed by atoms with E-state index in [9.17, 15) is 19.5 Å². The lowest BCUT2D eigenvalue weighted by Gasteiger charge is -2.57. The first-order valence-corrected chi connectivity index (χ1v) is 12.4. The van der Waals surface area contributed by atoms with Gasteiger partial charge in [0.05, 0.1) is 11.8 Å². The lowest BCUT2D eigenvalue weighted by molar-refractivity contribution is -0.200. The number of aliphatic hydroxyl groups excluding tert-OH is 1. The summed E-state index contributed by atoms with van der Waals surface area (Å²) >= 11 is 0. The van der Waals surface area contributed by atoms with Crippen LogP contribution >= 0.6 is 0 Å². The number of imide groups is 1. The summed E-state index contributed by atoms with van der Waals surface area (Å²) in [5, 5.41) is 15.3. The topological polar surface area (TPSA) is 106 Å². The zero-order chi connectivity index (χ0) is 23.4. The number of hydrogen-bond donors (Lipinski definition) is 1. The van der Waals surface area contributed by atoms with Crippen LogP contribution in [-0.4, -0.2) is 46.4 Å². The molecule has 5 aliphatic rings. The molecule has 1 aliphatic heterocycles. The molecule has 0 aromatic rings. The number of carbonyl (C=O) groups excluding carboxylic acids is 3. The molecule has 0 spiro atoms. The molecule has 8 heteroatoms. The molecule has 0 aromatic heterocycles. The van der Waals surface area contributed by atoms with Crippen LogP contribution in [0.15, 0.2) is 16.8 Å². The SMILES string of the molecule is C[C@]12CC[C@@H]3[C@H](CCC4=C/C(=N/OCC(=O)ON5C(=O)CCC5=O)CC[C@@]43C)[C@@H]1CC[C@H]2O. The van der Waals surface area contributed by atoms with Crippen LogP contribution in [0.3, 0.4) is 0 Å². The van der Waals surface area contributed by atoms with E-state index in [2.05, 4.69) is 25.1 Å². The van der Waals surface area contributed by atoms with Gasteiger partial charge >= 0.3 is 5.97 Å². The van der Waals surface area contributed by atoms with Gasteiger partial charge in [0.2, 0.25) is 6.61 Å². The fraction of sp³-hybridized carbons (Fsp3) is 0.760. The number of oxime groups is 1. The Kier molecular flexibility index (Phi) is 5.62. The third-order valence-corrected chi connectivity index (χ3v) is 9.49. The first kappa shape index (κ1) is 22.6. The van der Waals surface area contributed by atoms with Crippen LogP contribution in [0.5, 0.6) is 0 Å². The molecule has 0 radical (unpaired) electrons. The molecule has 3 saturated carbocycles. The van der Waals surface area contributed by atoms with Gasteiger partial charge in [0.25, 0.3) is 11.8 Å². The smallest absolute Gasteiger partial charge is 0.373 e. The minimum atomic E-state index is -0.819. The van der Waals surface area contributed by atoms with Crippen molar-refractivity contribution in [2.45, 2.75) is 84.2 Å². The molecule has 0 unspecified atom stereocenters. The standard InChI is InChI=1S/C25H34N2O6/c1-24-11-9-16(26-32-14-23(31)33-27-21(29)7-8-22(27)30)13-15(24)3-4-17-18-5-6-20(28)25(18,2)12-10-19(17)24/h13,17-20,28H,3-12,14H2,1-2H3/b26-16+/t17-,18+,19-,20-,24+,25+/m1/s1. The van der Waals surface area contributed by atoms with Crippen LogP contribution in [0.1, 0.15) is 78.1 Å². The quantitative estimate of drug-likeness (QED) is 0.512. The number of rotatable bonds is 4. The largest absolute Gasteiger partial charge is 0.393 e. The minimum absolute atomic E-state index is 0.0596. The Morgan fingerprint density at radius 3 is 2.58 bits per heavy atom. The first-order chi connectivity index (χ1) is 15.7. The van der Waals surface area contributed by atoms with Crippen LogP contribution in [0.2, 0.25) is 0 Å². The molecule has 6 atom stereocenters. The summed E-state index contributed by atoms with van der Waals surface area (Å²) in [7, 11) is 0. The van der Waals surface area contributed by atoms with Gasteiger partial charge in [-0.25, -0.2) is 4.79 Å². The van der Waals surface area contributed by atoms with E-state index in [-0.39, 0.29) is 29.8 Å². The van der Waals surface area contributed by atoms with Crippen molar-refractivity contribution >= 4 is 23.5 Å². The molecule has 1 saturated heterocycles. The van der Waals surface area contributed by atoms with E-state index in [1.165, 1.54) is 12.0 Å². The summed E-state index contributed by atoms with van der Waals surface area (Å²) in [6, 6.07) is 0. The summed E-state index contributed by atoms with van der Waals surface area (Å²) in [5.41, 5.74) is 2.49. The highest BCUT2D eigenvalue weighted by atomic mass is 16.7. The van der Waals surface area contributed by atoms with E-state index in [0.717, 1.165) is 50.7 Å². The van der Waals surface area contributed by atoms with E-state index >= 15 is 0 Å². The number of amides is 2. The first-order valence-electron chi connectivity index (χ1n) is 12.4. The summed E-state index contributed by atoms with van der Waals surface area (Å²) < 4.78 is 0. The molecule has 180 valence electrons. The maximum absolute atomic E-state index is 11.9. The van der Waals surface area contributed by atoms with E-state index in [1.807, 2.05) is 0 Å². The predicted molar refractivity (Wildman–Crippen MR) is 118 cm³/mol. The van der Waals surface area contributed by atoms with E-state index in [4.69, 9.17) is 9.68 Å². The van der Waals surface area contributed by atoms with Crippen molar-refractivity contribution in [2.75, 3.05) is 6.61 Å². The molecule has 1 heterocycles. The van der Waals surface area contributed by atoms with Gasteiger partial charge in [0, 0.05) is 12.8 Å². The summed E-state index contributed by atoms with van der Waals surface area (Å²) in [6.07, 6.45) is 10.5. The van der Waals surface area contributed by atoms with Crippen molar-refractivity contribution in [1.82, 2.24) is 5.06 Å². The number of carbonyl (C=O) groups is 3. The molecule has 5 rings (SSSR count). The van der Waals surface area contributed by atoms with Gasteiger partial charge in [-0.2, -0.15) is 0 Å². The van der Waals surface area contributed by atoms with Crippen molar-refractivity contribution in [1.29, 1.82) is 0 Å². The number of hydrogen-bond acceptors (Lipinski definition) is 7. The minimum Gasteiger partial charge on any atom is -0.393 e. The molecule has 8 nitrogen and oxygen atoms in total. The Hall–Kier alpha value is -2.22. The molecule has 4 fully saturated rings. The highest BCUT2D eigenvalue weighted by molar-refractivity contribution is 6.01. The van der Waals surface area contributed by atoms with Gasteiger partial charge in [-0.3, -0.25) is 9.59 Å². The zero-order valence-corrected chi connectivity index (χ0v) is 19.5. The second kappa shape index (κ2) is 8.22. The number of fused-ring (bicyclic) bond motifs is 5. The zero-order valence-electron chi connectivity index (χ0n) is 19.5. The Bertz CT molecular complexity index is 912. The Labute approximate surface area is 194 Å². The van der Waals surface area contributed by atoms with E-state index < -0.39 is 24.4 Å². The van der Waals surface area contributed by atoms with Crippen LogP contribution in [0, 0.1) is 28.6 Å². The second-order valence-electron chi connectivity index (χ2n) is 11.0. The maximum atomic E-state index is 11.9. The van der Waals surface area contributed by atoms with Crippen molar-refractivity contribution in [3.63, 3.8) is 0 Å². The maximum Gasteiger partial charge on any atom is 0.373 e. The van der Waals surface area contributed by atoms with Crippen LogP contribution < -0.4 is 0 Å².